The van der Waals surface area contributed by atoms with Crippen molar-refractivity contribution >= 4 is 22.9 Å². The van der Waals surface area contributed by atoms with E-state index < -0.39 is 11.7 Å². The van der Waals surface area contributed by atoms with Crippen LogP contribution in [0.25, 0.3) is 11.2 Å². The molecule has 30 heavy (non-hydrogen) atoms. The maximum atomic E-state index is 14.5. The SMILES string of the molecule is Cc1nc(NC(=O)c2cc3cnc(C)n3cc2F)cn2cc([C@H]3CCCN3C)nc12. The maximum absolute atomic E-state index is 14.5. The van der Waals surface area contributed by atoms with Gasteiger partial charge in [-0.1, -0.05) is 0 Å². The lowest BCUT2D eigenvalue weighted by atomic mass is 10.2. The molecule has 1 N–H and O–H groups in total. The molecule has 5 heterocycles. The Morgan fingerprint density at radius 1 is 1.23 bits per heavy atom. The van der Waals surface area contributed by atoms with Crippen molar-refractivity contribution in [1.82, 2.24) is 28.7 Å². The Kier molecular flexibility index (Phi) is 4.28. The van der Waals surface area contributed by atoms with Gasteiger partial charge in [0.05, 0.1) is 40.9 Å². The Labute approximate surface area is 172 Å². The third-order valence-electron chi connectivity index (χ3n) is 5.77. The molecule has 0 aromatic carbocycles. The van der Waals surface area contributed by atoms with Gasteiger partial charge >= 0.3 is 0 Å². The van der Waals surface area contributed by atoms with Gasteiger partial charge in [-0.15, -0.1) is 0 Å². The zero-order chi connectivity index (χ0) is 21.0. The Hall–Kier alpha value is -3.33. The third kappa shape index (κ3) is 3.02. The van der Waals surface area contributed by atoms with Crippen molar-refractivity contribution < 1.29 is 9.18 Å². The summed E-state index contributed by atoms with van der Waals surface area (Å²) in [5, 5.41) is 2.71. The number of nitrogens with one attached hydrogen (secondary N) is 1. The molecule has 4 aromatic rings. The molecule has 9 heteroatoms. The van der Waals surface area contributed by atoms with Crippen LogP contribution in [0.2, 0.25) is 0 Å². The van der Waals surface area contributed by atoms with E-state index in [9.17, 15) is 9.18 Å². The number of aryl methyl sites for hydroxylation is 2. The summed E-state index contributed by atoms with van der Waals surface area (Å²) in [6, 6.07) is 1.78. The summed E-state index contributed by atoms with van der Waals surface area (Å²) in [6.45, 7) is 4.68. The summed E-state index contributed by atoms with van der Waals surface area (Å²) >= 11 is 0. The number of carbonyl (C=O) groups is 1. The zero-order valence-electron chi connectivity index (χ0n) is 17.1. The van der Waals surface area contributed by atoms with E-state index in [1.54, 1.807) is 23.7 Å². The summed E-state index contributed by atoms with van der Waals surface area (Å²) < 4.78 is 18.0. The van der Waals surface area contributed by atoms with Gasteiger partial charge in [0.1, 0.15) is 11.6 Å². The molecular formula is C21H22FN7O. The van der Waals surface area contributed by atoms with E-state index in [0.717, 1.165) is 30.7 Å². The Balaban J connectivity index is 1.46. The lowest BCUT2D eigenvalue weighted by Gasteiger charge is -2.16. The number of nitrogens with zero attached hydrogens (tertiary/aromatic N) is 6. The van der Waals surface area contributed by atoms with Crippen LogP contribution in [0.5, 0.6) is 0 Å². The first-order chi connectivity index (χ1) is 14.4. The average molecular weight is 407 g/mol. The zero-order valence-corrected chi connectivity index (χ0v) is 17.1. The first-order valence-corrected chi connectivity index (χ1v) is 9.92. The van der Waals surface area contributed by atoms with Crippen molar-refractivity contribution in [3.05, 3.63) is 59.4 Å². The quantitative estimate of drug-likeness (QED) is 0.564. The summed E-state index contributed by atoms with van der Waals surface area (Å²) in [6.07, 6.45) is 8.80. The lowest BCUT2D eigenvalue weighted by molar-refractivity contribution is 0.102. The number of pyridine rings is 1. The minimum atomic E-state index is -0.618. The molecule has 8 nitrogen and oxygen atoms in total. The lowest BCUT2D eigenvalue weighted by Crippen LogP contribution is -2.17. The summed E-state index contributed by atoms with van der Waals surface area (Å²) in [4.78, 5) is 28.4. The van der Waals surface area contributed by atoms with Gasteiger partial charge in [0, 0.05) is 12.4 Å². The molecule has 5 rings (SSSR count). The Bertz CT molecular complexity index is 1290. The largest absolute Gasteiger partial charge is 0.305 e. The van der Waals surface area contributed by atoms with Crippen LogP contribution in [0.4, 0.5) is 10.2 Å². The van der Waals surface area contributed by atoms with Crippen molar-refractivity contribution in [2.24, 2.45) is 0 Å². The molecular weight excluding hydrogens is 385 g/mol. The number of halogens is 1. The van der Waals surface area contributed by atoms with Crippen molar-refractivity contribution in [3.63, 3.8) is 0 Å². The molecule has 0 radical (unpaired) electrons. The molecule has 0 unspecified atom stereocenters. The first kappa shape index (κ1) is 18.7. The maximum Gasteiger partial charge on any atom is 0.259 e. The Morgan fingerprint density at radius 3 is 2.83 bits per heavy atom. The topological polar surface area (TPSA) is 79.8 Å². The van der Waals surface area contributed by atoms with Gasteiger partial charge in [-0.2, -0.15) is 0 Å². The monoisotopic (exact) mass is 407 g/mol. The van der Waals surface area contributed by atoms with Crippen LogP contribution in [0.3, 0.4) is 0 Å². The van der Waals surface area contributed by atoms with Crippen molar-refractivity contribution in [2.75, 3.05) is 18.9 Å². The normalized spacial score (nSPS) is 17.3. The second-order valence-corrected chi connectivity index (χ2v) is 7.84. The third-order valence-corrected chi connectivity index (χ3v) is 5.77. The highest BCUT2D eigenvalue weighted by molar-refractivity contribution is 6.04. The molecule has 1 fully saturated rings. The molecule has 0 bridgehead atoms. The minimum absolute atomic E-state index is 0.0548. The summed E-state index contributed by atoms with van der Waals surface area (Å²) in [5.41, 5.74) is 3.04. The van der Waals surface area contributed by atoms with Crippen molar-refractivity contribution in [3.8, 4) is 0 Å². The Morgan fingerprint density at radius 2 is 2.07 bits per heavy atom. The van der Waals surface area contributed by atoms with Crippen LogP contribution >= 0.6 is 0 Å². The van der Waals surface area contributed by atoms with Gasteiger partial charge in [-0.25, -0.2) is 19.3 Å². The summed E-state index contributed by atoms with van der Waals surface area (Å²) in [5.74, 6) is -0.177. The van der Waals surface area contributed by atoms with Gasteiger partial charge in [-0.05, 0) is 46.3 Å². The van der Waals surface area contributed by atoms with Crippen molar-refractivity contribution in [2.45, 2.75) is 32.7 Å². The highest BCUT2D eigenvalue weighted by atomic mass is 19.1. The van der Waals surface area contributed by atoms with E-state index in [2.05, 4.69) is 27.2 Å². The van der Waals surface area contributed by atoms with Crippen LogP contribution in [-0.4, -0.2) is 48.2 Å². The highest BCUT2D eigenvalue weighted by Crippen LogP contribution is 2.30. The first-order valence-electron chi connectivity index (χ1n) is 9.92. The van der Waals surface area contributed by atoms with Crippen molar-refractivity contribution in [1.29, 1.82) is 0 Å². The minimum Gasteiger partial charge on any atom is -0.305 e. The average Bonchev–Trinajstić information content (AvgIpc) is 3.40. The van der Waals surface area contributed by atoms with E-state index in [1.165, 1.54) is 12.3 Å². The fourth-order valence-electron chi connectivity index (χ4n) is 4.18. The molecule has 0 spiro atoms. The molecule has 1 aliphatic heterocycles. The smallest absolute Gasteiger partial charge is 0.259 e. The number of likely N-dealkylation sites (tertiary alicyclic amines) is 1. The predicted molar refractivity (Wildman–Crippen MR) is 110 cm³/mol. The number of rotatable bonds is 3. The molecule has 1 aliphatic rings. The van der Waals surface area contributed by atoms with Crippen LogP contribution in [0.1, 0.15) is 46.5 Å². The fourth-order valence-corrected chi connectivity index (χ4v) is 4.18. The standard InChI is InChI=1S/C21H22FN7O/c1-12-20-25-17(18-5-4-6-27(18)3)10-28(20)11-19(24-12)26-21(30)15-7-14-8-23-13(2)29(14)9-16(15)22/h7-11,18H,4-6H2,1-3H3,(H,26,30)/t18-/m1/s1. The van der Waals surface area contributed by atoms with Crippen LogP contribution < -0.4 is 5.32 Å². The molecule has 1 saturated heterocycles. The summed E-state index contributed by atoms with van der Waals surface area (Å²) in [7, 11) is 2.10. The number of aromatic nitrogens is 5. The second-order valence-electron chi connectivity index (χ2n) is 7.84. The van der Waals surface area contributed by atoms with Crippen LogP contribution in [-0.2, 0) is 0 Å². The van der Waals surface area contributed by atoms with Crippen LogP contribution in [0.15, 0.2) is 30.9 Å². The van der Waals surface area contributed by atoms with Gasteiger partial charge in [-0.3, -0.25) is 9.69 Å². The van der Waals surface area contributed by atoms with E-state index in [1.807, 2.05) is 17.5 Å². The van der Waals surface area contributed by atoms with E-state index in [4.69, 9.17) is 4.98 Å². The molecule has 0 saturated carbocycles. The number of anilines is 1. The molecule has 1 atom stereocenters. The number of imidazole rings is 2. The van der Waals surface area contributed by atoms with Crippen LogP contribution in [0, 0.1) is 19.7 Å². The predicted octanol–water partition coefficient (Wildman–Crippen LogP) is 3.15. The molecule has 154 valence electrons. The van der Waals surface area contributed by atoms with E-state index >= 15 is 0 Å². The van der Waals surface area contributed by atoms with E-state index in [0.29, 0.717) is 28.9 Å². The van der Waals surface area contributed by atoms with E-state index in [-0.39, 0.29) is 5.56 Å². The number of hydrogen-bond acceptors (Lipinski definition) is 5. The number of hydrogen-bond donors (Lipinski definition) is 1. The fraction of sp³-hybridized carbons (Fsp3) is 0.333. The second kappa shape index (κ2) is 6.88. The number of carbonyl (C=O) groups excluding carboxylic acids is 1. The van der Waals surface area contributed by atoms with Gasteiger partial charge in [0.2, 0.25) is 0 Å². The van der Waals surface area contributed by atoms with Gasteiger partial charge in [0.25, 0.3) is 5.91 Å². The molecule has 4 aromatic heterocycles. The highest BCUT2D eigenvalue weighted by Gasteiger charge is 2.25. The number of fused-ring (bicyclic) bond motifs is 2. The molecule has 1 amide bonds. The van der Waals surface area contributed by atoms with Gasteiger partial charge in [0.15, 0.2) is 11.5 Å². The van der Waals surface area contributed by atoms with Gasteiger partial charge < -0.3 is 14.1 Å². The number of amides is 1. The molecule has 0 aliphatic carbocycles.